The van der Waals surface area contributed by atoms with Gasteiger partial charge >= 0.3 is 0 Å². The molecule has 1 fully saturated rings. The molecular formula is C30H29FN2O2S. The number of fused-ring (bicyclic) bond motifs is 1. The molecule has 1 heterocycles. The second kappa shape index (κ2) is 10.7. The van der Waals surface area contributed by atoms with Crippen molar-refractivity contribution in [2.24, 2.45) is 5.92 Å². The quantitative estimate of drug-likeness (QED) is 0.391. The summed E-state index contributed by atoms with van der Waals surface area (Å²) in [5, 5.41) is 3.21. The van der Waals surface area contributed by atoms with Crippen molar-refractivity contribution in [2.45, 2.75) is 50.1 Å². The number of nitrogens with zero attached hydrogens (tertiary/aromatic N) is 1. The number of anilines is 1. The molecule has 3 aromatic rings. The highest BCUT2D eigenvalue weighted by Crippen LogP contribution is 2.43. The molecule has 5 rings (SSSR count). The molecule has 2 aliphatic rings. The Balaban J connectivity index is 1.48. The molecule has 0 radical (unpaired) electrons. The zero-order valence-electron chi connectivity index (χ0n) is 20.2. The van der Waals surface area contributed by atoms with Crippen molar-refractivity contribution in [1.29, 1.82) is 0 Å². The zero-order chi connectivity index (χ0) is 25.1. The Morgan fingerprint density at radius 3 is 2.56 bits per heavy atom. The number of hydrogen-bond donors (Lipinski definition) is 1. The van der Waals surface area contributed by atoms with Crippen LogP contribution in [0.15, 0.2) is 82.6 Å². The normalized spacial score (nSPS) is 20.8. The van der Waals surface area contributed by atoms with Crippen molar-refractivity contribution in [3.8, 4) is 0 Å². The van der Waals surface area contributed by atoms with Crippen molar-refractivity contribution in [1.82, 2.24) is 5.32 Å². The van der Waals surface area contributed by atoms with E-state index in [-0.39, 0.29) is 30.2 Å². The largest absolute Gasteiger partial charge is 0.349 e. The summed E-state index contributed by atoms with van der Waals surface area (Å²) in [5.74, 6) is -0.112. The molecule has 0 bridgehead atoms. The number of halogens is 1. The molecule has 1 N–H and O–H groups in total. The molecular weight excluding hydrogens is 471 g/mol. The van der Waals surface area contributed by atoms with E-state index in [1.54, 1.807) is 17.0 Å². The topological polar surface area (TPSA) is 49.4 Å². The number of hydrogen-bond acceptors (Lipinski definition) is 3. The maximum absolute atomic E-state index is 13.7. The van der Waals surface area contributed by atoms with Crippen LogP contribution in [0, 0.1) is 11.7 Å². The Bertz CT molecular complexity index is 1290. The maximum atomic E-state index is 13.7. The van der Waals surface area contributed by atoms with Gasteiger partial charge in [-0.25, -0.2) is 4.39 Å². The van der Waals surface area contributed by atoms with E-state index in [2.05, 4.69) is 12.2 Å². The molecule has 0 unspecified atom stereocenters. The highest BCUT2D eigenvalue weighted by atomic mass is 32.2. The van der Waals surface area contributed by atoms with Gasteiger partial charge in [0.05, 0.1) is 17.1 Å². The molecule has 6 heteroatoms. The van der Waals surface area contributed by atoms with Crippen LogP contribution in [0.2, 0.25) is 0 Å². The third-order valence-electron chi connectivity index (χ3n) is 6.97. The predicted molar refractivity (Wildman–Crippen MR) is 143 cm³/mol. The minimum Gasteiger partial charge on any atom is -0.349 e. The van der Waals surface area contributed by atoms with Crippen molar-refractivity contribution in [2.75, 3.05) is 4.90 Å². The van der Waals surface area contributed by atoms with Crippen LogP contribution in [-0.2, 0) is 11.3 Å². The van der Waals surface area contributed by atoms with E-state index in [0.717, 1.165) is 35.3 Å². The molecule has 1 aliphatic heterocycles. The average Bonchev–Trinajstić information content (AvgIpc) is 2.89. The van der Waals surface area contributed by atoms with Crippen LogP contribution in [0.4, 0.5) is 10.1 Å². The van der Waals surface area contributed by atoms with Crippen LogP contribution in [0.25, 0.3) is 6.08 Å². The van der Waals surface area contributed by atoms with Gasteiger partial charge in [-0.1, -0.05) is 74.0 Å². The third-order valence-corrected chi connectivity index (χ3v) is 8.04. The van der Waals surface area contributed by atoms with E-state index in [4.69, 9.17) is 0 Å². The number of carbonyl (C=O) groups excluding carboxylic acids is 2. The summed E-state index contributed by atoms with van der Waals surface area (Å²) in [6, 6.07) is 21.6. The van der Waals surface area contributed by atoms with E-state index in [9.17, 15) is 14.0 Å². The minimum absolute atomic E-state index is 0.110. The first kappa shape index (κ1) is 24.3. The lowest BCUT2D eigenvalue weighted by molar-refractivity contribution is -0.114. The Hall–Kier alpha value is -3.38. The second-order valence-electron chi connectivity index (χ2n) is 9.56. The Labute approximate surface area is 215 Å². The van der Waals surface area contributed by atoms with E-state index in [0.29, 0.717) is 22.1 Å². The van der Waals surface area contributed by atoms with Crippen molar-refractivity contribution in [3.05, 3.63) is 100 Å². The Morgan fingerprint density at radius 2 is 1.81 bits per heavy atom. The number of carbonyl (C=O) groups is 2. The van der Waals surface area contributed by atoms with Crippen molar-refractivity contribution < 1.29 is 14.0 Å². The molecule has 0 aromatic heterocycles. The first-order valence-electron chi connectivity index (χ1n) is 12.4. The molecule has 3 aromatic carbocycles. The number of amides is 2. The summed E-state index contributed by atoms with van der Waals surface area (Å²) < 4.78 is 13.5. The fourth-order valence-corrected chi connectivity index (χ4v) is 5.90. The lowest BCUT2D eigenvalue weighted by Crippen LogP contribution is -2.41. The summed E-state index contributed by atoms with van der Waals surface area (Å²) in [6.07, 6.45) is 6.35. The number of nitrogens with one attached hydrogen (secondary N) is 1. The van der Waals surface area contributed by atoms with Gasteiger partial charge in [-0.2, -0.15) is 0 Å². The monoisotopic (exact) mass is 500 g/mol. The van der Waals surface area contributed by atoms with Crippen molar-refractivity contribution in [3.63, 3.8) is 0 Å². The van der Waals surface area contributed by atoms with Crippen LogP contribution >= 0.6 is 11.8 Å². The fraction of sp³-hybridized carbons (Fsp3) is 0.267. The van der Waals surface area contributed by atoms with E-state index < -0.39 is 0 Å². The van der Waals surface area contributed by atoms with Gasteiger partial charge < -0.3 is 10.2 Å². The lowest BCUT2D eigenvalue weighted by Gasteiger charge is -2.32. The van der Waals surface area contributed by atoms with Gasteiger partial charge in [0.1, 0.15) is 5.82 Å². The molecule has 36 heavy (non-hydrogen) atoms. The summed E-state index contributed by atoms with van der Waals surface area (Å²) in [5.41, 5.74) is 2.99. The smallest absolute Gasteiger partial charge is 0.265 e. The van der Waals surface area contributed by atoms with Gasteiger partial charge in [0.15, 0.2) is 0 Å². The Kier molecular flexibility index (Phi) is 7.23. The summed E-state index contributed by atoms with van der Waals surface area (Å²) in [6.45, 7) is 2.47. The molecule has 184 valence electrons. The maximum Gasteiger partial charge on any atom is 0.265 e. The van der Waals surface area contributed by atoms with Crippen molar-refractivity contribution >= 4 is 35.3 Å². The van der Waals surface area contributed by atoms with E-state index in [1.165, 1.54) is 30.3 Å². The van der Waals surface area contributed by atoms with E-state index in [1.807, 2.05) is 54.6 Å². The first-order chi connectivity index (χ1) is 17.5. The van der Waals surface area contributed by atoms with Gasteiger partial charge in [0.2, 0.25) is 0 Å². The molecule has 2 atom stereocenters. The number of thioether (sulfide) groups is 1. The highest BCUT2D eigenvalue weighted by Gasteiger charge is 2.31. The van der Waals surface area contributed by atoms with Gasteiger partial charge in [-0.05, 0) is 66.3 Å². The van der Waals surface area contributed by atoms with Crippen LogP contribution in [-0.4, -0.2) is 17.9 Å². The zero-order valence-corrected chi connectivity index (χ0v) is 21.1. The molecule has 4 nitrogen and oxygen atoms in total. The van der Waals surface area contributed by atoms with Crippen LogP contribution in [0.3, 0.4) is 0 Å². The number of benzene rings is 3. The van der Waals surface area contributed by atoms with Crippen LogP contribution in [0.5, 0.6) is 0 Å². The molecule has 0 saturated heterocycles. The standard InChI is InChI=1S/C30H29FN2O2S/c1-20-7-5-6-10-25(20)32-29(34)23-13-16-27-26(18-23)33(19-22-11-14-24(31)15-12-22)30(35)28(36-27)17-21-8-3-2-4-9-21/h2-4,8-9,11-18,20,25H,5-7,10,19H2,1H3,(H,32,34)/b28-17-/t20-,25+/m1/s1. The molecule has 0 spiro atoms. The summed E-state index contributed by atoms with van der Waals surface area (Å²) >= 11 is 1.41. The molecule has 1 aliphatic carbocycles. The lowest BCUT2D eigenvalue weighted by atomic mass is 9.86. The average molecular weight is 501 g/mol. The SMILES string of the molecule is C[C@@H]1CCCC[C@@H]1NC(=O)c1ccc2c(c1)N(Cc1ccc(F)cc1)C(=O)/C(=C/c1ccccc1)S2. The number of rotatable bonds is 5. The van der Waals surface area contributed by atoms with Gasteiger partial charge in [-0.3, -0.25) is 9.59 Å². The van der Waals surface area contributed by atoms with Gasteiger partial charge in [0.25, 0.3) is 11.8 Å². The fourth-order valence-electron chi connectivity index (χ4n) is 4.86. The van der Waals surface area contributed by atoms with Gasteiger partial charge in [0, 0.05) is 16.5 Å². The molecule has 1 saturated carbocycles. The highest BCUT2D eigenvalue weighted by molar-refractivity contribution is 8.04. The van der Waals surface area contributed by atoms with E-state index >= 15 is 0 Å². The van der Waals surface area contributed by atoms with Gasteiger partial charge in [-0.15, -0.1) is 0 Å². The predicted octanol–water partition coefficient (Wildman–Crippen LogP) is 6.81. The second-order valence-corrected chi connectivity index (χ2v) is 10.6. The summed E-state index contributed by atoms with van der Waals surface area (Å²) in [4.78, 5) is 30.0. The van der Waals surface area contributed by atoms with Crippen LogP contribution in [0.1, 0.15) is 54.1 Å². The molecule has 2 amide bonds. The first-order valence-corrected chi connectivity index (χ1v) is 13.3. The minimum atomic E-state index is -0.319. The third kappa shape index (κ3) is 5.39. The van der Waals surface area contributed by atoms with Crippen LogP contribution < -0.4 is 10.2 Å². The Morgan fingerprint density at radius 1 is 1.06 bits per heavy atom. The summed E-state index contributed by atoms with van der Waals surface area (Å²) in [7, 11) is 0.